The number of pyridine rings is 1. The lowest BCUT2D eigenvalue weighted by atomic mass is 10.1. The number of rotatable bonds is 4. The summed E-state index contributed by atoms with van der Waals surface area (Å²) in [5, 5.41) is 26.2. The second-order valence-electron chi connectivity index (χ2n) is 5.26. The second-order valence-corrected chi connectivity index (χ2v) is 5.26. The summed E-state index contributed by atoms with van der Waals surface area (Å²) in [7, 11) is 0. The third kappa shape index (κ3) is 3.17. The van der Waals surface area contributed by atoms with Gasteiger partial charge in [-0.25, -0.2) is 14.3 Å². The Morgan fingerprint density at radius 1 is 1.04 bits per heavy atom. The van der Waals surface area contributed by atoms with Gasteiger partial charge in [0.05, 0.1) is 15.4 Å². The smallest absolute Gasteiger partial charge is 0.258 e. The van der Waals surface area contributed by atoms with Gasteiger partial charge < -0.3 is 0 Å². The summed E-state index contributed by atoms with van der Waals surface area (Å²) in [6.45, 7) is 0. The van der Waals surface area contributed by atoms with Crippen molar-refractivity contribution in [3.05, 3.63) is 79.1 Å². The van der Waals surface area contributed by atoms with E-state index in [1.165, 1.54) is 18.3 Å². The molecule has 144 valence electrons. The zero-order valence-corrected chi connectivity index (χ0v) is 13.4. The van der Waals surface area contributed by atoms with Crippen LogP contribution in [0.4, 0.5) is 24.5 Å². The number of nitro groups is 2. The molecular weight excluding hydrogens is 389 g/mol. The first-order valence-corrected chi connectivity index (χ1v) is 7.23. The molecule has 0 fully saturated rings. The molecule has 0 aliphatic heterocycles. The van der Waals surface area contributed by atoms with Crippen molar-refractivity contribution in [2.24, 2.45) is 0 Å². The van der Waals surface area contributed by atoms with Crippen molar-refractivity contribution in [1.82, 2.24) is 19.3 Å². The Morgan fingerprint density at radius 2 is 1.64 bits per heavy atom. The van der Waals surface area contributed by atoms with E-state index in [4.69, 9.17) is 0 Å². The highest BCUT2D eigenvalue weighted by molar-refractivity contribution is 5.66. The molecule has 0 saturated heterocycles. The van der Waals surface area contributed by atoms with Crippen molar-refractivity contribution in [2.45, 2.75) is 6.18 Å². The molecule has 0 aliphatic rings. The van der Waals surface area contributed by atoms with Gasteiger partial charge in [-0.05, 0) is 12.1 Å². The first-order valence-electron chi connectivity index (χ1n) is 7.23. The van der Waals surface area contributed by atoms with Gasteiger partial charge in [-0.3, -0.25) is 20.2 Å². The number of halogens is 3. The molecule has 1 aromatic carbocycles. The SMILES string of the molecule is O=c1n(-c2ccccn2)cnn1-c1c([N+](=O)[O-])cc(C(F)(F)F)cc1[N+](=O)[O-]. The Bertz CT molecular complexity index is 1100. The Hall–Kier alpha value is -4.10. The maximum Gasteiger partial charge on any atom is 0.416 e. The van der Waals surface area contributed by atoms with Crippen LogP contribution in [0.1, 0.15) is 5.56 Å². The van der Waals surface area contributed by atoms with Crippen molar-refractivity contribution in [3.63, 3.8) is 0 Å². The molecule has 0 unspecified atom stereocenters. The normalized spacial score (nSPS) is 11.4. The third-order valence-electron chi connectivity index (χ3n) is 3.57. The molecule has 3 rings (SSSR count). The molecule has 28 heavy (non-hydrogen) atoms. The van der Waals surface area contributed by atoms with Crippen molar-refractivity contribution in [2.75, 3.05) is 0 Å². The van der Waals surface area contributed by atoms with E-state index < -0.39 is 44.3 Å². The van der Waals surface area contributed by atoms with Crippen molar-refractivity contribution in [1.29, 1.82) is 0 Å². The fourth-order valence-corrected chi connectivity index (χ4v) is 2.37. The molecule has 14 heteroatoms. The van der Waals surface area contributed by atoms with E-state index in [-0.39, 0.29) is 22.6 Å². The van der Waals surface area contributed by atoms with Crippen LogP contribution in [-0.4, -0.2) is 29.2 Å². The minimum atomic E-state index is -5.08. The number of nitro benzene ring substituents is 2. The first kappa shape index (κ1) is 18.7. The van der Waals surface area contributed by atoms with Gasteiger partial charge in [0.25, 0.3) is 0 Å². The molecule has 3 aromatic rings. The van der Waals surface area contributed by atoms with Gasteiger partial charge >= 0.3 is 23.2 Å². The topological polar surface area (TPSA) is 139 Å². The van der Waals surface area contributed by atoms with Crippen molar-refractivity contribution in [3.8, 4) is 11.5 Å². The van der Waals surface area contributed by atoms with E-state index in [9.17, 15) is 38.2 Å². The number of aromatic nitrogens is 4. The lowest BCUT2D eigenvalue weighted by molar-refractivity contribution is -0.394. The molecule has 0 aliphatic carbocycles. The van der Waals surface area contributed by atoms with Crippen LogP contribution >= 0.6 is 0 Å². The predicted molar refractivity (Wildman–Crippen MR) is 85.3 cm³/mol. The molecule has 0 bridgehead atoms. The number of hydrogen-bond acceptors (Lipinski definition) is 7. The van der Waals surface area contributed by atoms with Crippen LogP contribution in [0.5, 0.6) is 0 Å². The molecule has 0 saturated carbocycles. The van der Waals surface area contributed by atoms with E-state index in [1.807, 2.05) is 0 Å². The van der Waals surface area contributed by atoms with E-state index >= 15 is 0 Å². The Morgan fingerprint density at radius 3 is 2.11 bits per heavy atom. The average molecular weight is 396 g/mol. The summed E-state index contributed by atoms with van der Waals surface area (Å²) in [6, 6.07) is 4.67. The average Bonchev–Trinajstić information content (AvgIpc) is 3.01. The standard InChI is InChI=1S/C14H7F3N6O5/c15-14(16,17)8-5-9(22(25)26)12(10(6-8)23(27)28)21-13(24)20(7-19-21)11-3-1-2-4-18-11/h1-7H. The summed E-state index contributed by atoms with van der Waals surface area (Å²) >= 11 is 0. The molecular formula is C14H7F3N6O5. The van der Waals surface area contributed by atoms with Gasteiger partial charge in [-0.2, -0.15) is 23.0 Å². The summed E-state index contributed by atoms with van der Waals surface area (Å²) in [5.41, 5.74) is -6.29. The predicted octanol–water partition coefficient (Wildman–Crippen LogP) is 2.25. The molecule has 0 atom stereocenters. The first-order chi connectivity index (χ1) is 13.1. The molecule has 2 aromatic heterocycles. The summed E-state index contributed by atoms with van der Waals surface area (Å²) in [5.74, 6) is 0.0518. The number of nitrogens with zero attached hydrogens (tertiary/aromatic N) is 6. The van der Waals surface area contributed by atoms with Crippen LogP contribution in [0.2, 0.25) is 0 Å². The van der Waals surface area contributed by atoms with Crippen LogP contribution in [0.25, 0.3) is 11.5 Å². The van der Waals surface area contributed by atoms with Crippen LogP contribution < -0.4 is 5.69 Å². The van der Waals surface area contributed by atoms with Crippen LogP contribution in [-0.2, 0) is 6.18 Å². The highest BCUT2D eigenvalue weighted by atomic mass is 19.4. The molecule has 2 heterocycles. The fraction of sp³-hybridized carbons (Fsp3) is 0.0714. The Balaban J connectivity index is 2.34. The minimum Gasteiger partial charge on any atom is -0.258 e. The van der Waals surface area contributed by atoms with Crippen LogP contribution in [0.3, 0.4) is 0 Å². The summed E-state index contributed by atoms with van der Waals surface area (Å²) in [6.07, 6.45) is -2.86. The Kier molecular flexibility index (Phi) is 4.38. The number of alkyl halides is 3. The fourth-order valence-electron chi connectivity index (χ4n) is 2.37. The van der Waals surface area contributed by atoms with Gasteiger partial charge in [0.1, 0.15) is 12.1 Å². The second kappa shape index (κ2) is 6.57. The lowest BCUT2D eigenvalue weighted by Crippen LogP contribution is -2.24. The molecule has 0 spiro atoms. The van der Waals surface area contributed by atoms with E-state index in [1.54, 1.807) is 6.07 Å². The van der Waals surface area contributed by atoms with E-state index in [2.05, 4.69) is 10.1 Å². The molecule has 0 radical (unpaired) electrons. The van der Waals surface area contributed by atoms with Gasteiger partial charge in [-0.1, -0.05) is 6.07 Å². The highest BCUT2D eigenvalue weighted by Gasteiger charge is 2.39. The maximum atomic E-state index is 13.0. The van der Waals surface area contributed by atoms with Crippen molar-refractivity contribution < 1.29 is 23.0 Å². The molecule has 11 nitrogen and oxygen atoms in total. The van der Waals surface area contributed by atoms with Gasteiger partial charge in [0.2, 0.25) is 5.69 Å². The zero-order chi connectivity index (χ0) is 20.6. The number of hydrogen-bond donors (Lipinski definition) is 0. The third-order valence-corrected chi connectivity index (χ3v) is 3.57. The quantitative estimate of drug-likeness (QED) is 0.487. The zero-order valence-electron chi connectivity index (χ0n) is 13.4. The molecule has 0 N–H and O–H groups in total. The van der Waals surface area contributed by atoms with E-state index in [0.29, 0.717) is 0 Å². The highest BCUT2D eigenvalue weighted by Crippen LogP contribution is 2.39. The lowest BCUT2D eigenvalue weighted by Gasteiger charge is -2.09. The van der Waals surface area contributed by atoms with Gasteiger partial charge in [0.15, 0.2) is 0 Å². The summed E-state index contributed by atoms with van der Waals surface area (Å²) < 4.78 is 40.0. The van der Waals surface area contributed by atoms with Crippen LogP contribution in [0, 0.1) is 20.2 Å². The summed E-state index contributed by atoms with van der Waals surface area (Å²) in [4.78, 5) is 36.5. The maximum absolute atomic E-state index is 13.0. The van der Waals surface area contributed by atoms with Gasteiger partial charge in [0, 0.05) is 18.3 Å². The Labute approximate surface area is 151 Å². The molecule has 0 amide bonds. The minimum absolute atomic E-state index is 0.0518. The van der Waals surface area contributed by atoms with Gasteiger partial charge in [-0.15, -0.1) is 0 Å². The van der Waals surface area contributed by atoms with E-state index in [0.717, 1.165) is 10.9 Å². The van der Waals surface area contributed by atoms with Crippen LogP contribution in [0.15, 0.2) is 47.7 Å². The van der Waals surface area contributed by atoms with Crippen molar-refractivity contribution >= 4 is 11.4 Å². The number of benzene rings is 1. The largest absolute Gasteiger partial charge is 0.416 e. The monoisotopic (exact) mass is 396 g/mol.